The molecule has 1 aliphatic rings. The Labute approximate surface area is 124 Å². The van der Waals surface area contributed by atoms with Crippen LogP contribution in [0.2, 0.25) is 0 Å². The van der Waals surface area contributed by atoms with Crippen LogP contribution in [0, 0.1) is 0 Å². The molecule has 2 nitrogen and oxygen atoms in total. The third-order valence-corrected chi connectivity index (χ3v) is 4.40. The highest BCUT2D eigenvalue weighted by atomic mass is 15.1. The first-order valence-corrected chi connectivity index (χ1v) is 8.40. The van der Waals surface area contributed by atoms with Gasteiger partial charge >= 0.3 is 0 Å². The van der Waals surface area contributed by atoms with Crippen molar-refractivity contribution in [3.8, 4) is 0 Å². The van der Waals surface area contributed by atoms with Crippen LogP contribution in [0.1, 0.15) is 51.5 Å². The van der Waals surface area contributed by atoms with Crippen molar-refractivity contribution in [2.45, 2.75) is 58.4 Å². The maximum atomic E-state index is 3.65. The Hall–Kier alpha value is -1.02. The largest absolute Gasteiger partial charge is 0.371 e. The average Bonchev–Trinajstić information content (AvgIpc) is 2.46. The zero-order valence-corrected chi connectivity index (χ0v) is 13.2. The first-order chi connectivity index (χ1) is 9.83. The molecule has 0 radical (unpaired) electrons. The lowest BCUT2D eigenvalue weighted by Crippen LogP contribution is -2.39. The molecular formula is C18H30N2. The van der Waals surface area contributed by atoms with E-state index in [1.54, 1.807) is 0 Å². The standard InChI is InChI=1S/C18H30N2/c1-3-5-7-16-8-10-18(11-9-16)20-14-6-13-19-17(4-2)12-15-20/h8-11,17,19H,3-7,12-15H2,1-2H3. The highest BCUT2D eigenvalue weighted by Crippen LogP contribution is 2.19. The molecule has 2 heteroatoms. The molecule has 0 saturated carbocycles. The molecule has 0 spiro atoms. The Bertz CT molecular complexity index is 372. The van der Waals surface area contributed by atoms with Crippen molar-refractivity contribution in [1.82, 2.24) is 5.32 Å². The van der Waals surface area contributed by atoms with Crippen LogP contribution in [0.15, 0.2) is 24.3 Å². The Balaban J connectivity index is 1.94. The molecule has 1 aliphatic heterocycles. The normalized spacial score (nSPS) is 20.5. The van der Waals surface area contributed by atoms with Gasteiger partial charge in [-0.1, -0.05) is 32.4 Å². The number of aryl methyl sites for hydroxylation is 1. The van der Waals surface area contributed by atoms with Gasteiger partial charge in [0.15, 0.2) is 0 Å². The van der Waals surface area contributed by atoms with E-state index in [-0.39, 0.29) is 0 Å². The minimum absolute atomic E-state index is 0.696. The van der Waals surface area contributed by atoms with Crippen molar-refractivity contribution >= 4 is 5.69 Å². The molecule has 0 aliphatic carbocycles. The zero-order valence-electron chi connectivity index (χ0n) is 13.2. The molecule has 1 heterocycles. The molecule has 1 saturated heterocycles. The van der Waals surface area contributed by atoms with Crippen molar-refractivity contribution in [2.75, 3.05) is 24.5 Å². The second kappa shape index (κ2) is 8.31. The Kier molecular flexibility index (Phi) is 6.38. The van der Waals surface area contributed by atoms with E-state index in [2.05, 4.69) is 48.3 Å². The van der Waals surface area contributed by atoms with Crippen LogP contribution in [0.4, 0.5) is 5.69 Å². The number of anilines is 1. The fourth-order valence-electron chi connectivity index (χ4n) is 2.96. The smallest absolute Gasteiger partial charge is 0.0366 e. The van der Waals surface area contributed by atoms with Crippen molar-refractivity contribution in [1.29, 1.82) is 0 Å². The van der Waals surface area contributed by atoms with Gasteiger partial charge in [0.2, 0.25) is 0 Å². The number of hydrogen-bond donors (Lipinski definition) is 1. The highest BCUT2D eigenvalue weighted by Gasteiger charge is 2.13. The number of hydrogen-bond acceptors (Lipinski definition) is 2. The predicted octanol–water partition coefficient (Wildman–Crippen LogP) is 4.00. The van der Waals surface area contributed by atoms with E-state index >= 15 is 0 Å². The summed E-state index contributed by atoms with van der Waals surface area (Å²) >= 11 is 0. The Morgan fingerprint density at radius 2 is 1.95 bits per heavy atom. The van der Waals surface area contributed by atoms with E-state index in [9.17, 15) is 0 Å². The average molecular weight is 274 g/mol. The van der Waals surface area contributed by atoms with Gasteiger partial charge in [0.05, 0.1) is 0 Å². The fourth-order valence-corrected chi connectivity index (χ4v) is 2.96. The molecule has 1 fully saturated rings. The summed E-state index contributed by atoms with van der Waals surface area (Å²) in [5.41, 5.74) is 2.89. The minimum atomic E-state index is 0.696. The first kappa shape index (κ1) is 15.4. The van der Waals surface area contributed by atoms with Gasteiger partial charge in [0.25, 0.3) is 0 Å². The van der Waals surface area contributed by atoms with Crippen molar-refractivity contribution < 1.29 is 0 Å². The molecule has 0 bridgehead atoms. The third-order valence-electron chi connectivity index (χ3n) is 4.40. The summed E-state index contributed by atoms with van der Waals surface area (Å²) in [4.78, 5) is 2.56. The van der Waals surface area contributed by atoms with Gasteiger partial charge in [-0.15, -0.1) is 0 Å². The maximum absolute atomic E-state index is 3.65. The number of nitrogens with one attached hydrogen (secondary N) is 1. The van der Waals surface area contributed by atoms with Crippen molar-refractivity contribution in [3.63, 3.8) is 0 Å². The van der Waals surface area contributed by atoms with Gasteiger partial charge in [0, 0.05) is 24.8 Å². The lowest BCUT2D eigenvalue weighted by atomic mass is 10.1. The van der Waals surface area contributed by atoms with E-state index in [1.807, 2.05) is 0 Å². The van der Waals surface area contributed by atoms with E-state index in [4.69, 9.17) is 0 Å². The van der Waals surface area contributed by atoms with Gasteiger partial charge < -0.3 is 10.2 Å². The fraction of sp³-hybridized carbons (Fsp3) is 0.667. The van der Waals surface area contributed by atoms with Crippen molar-refractivity contribution in [2.24, 2.45) is 0 Å². The molecule has 20 heavy (non-hydrogen) atoms. The van der Waals surface area contributed by atoms with E-state index in [0.29, 0.717) is 6.04 Å². The molecule has 1 aromatic rings. The second-order valence-electron chi connectivity index (χ2n) is 5.96. The summed E-state index contributed by atoms with van der Waals surface area (Å²) < 4.78 is 0. The van der Waals surface area contributed by atoms with Crippen LogP contribution in [-0.4, -0.2) is 25.7 Å². The van der Waals surface area contributed by atoms with Crippen LogP contribution in [0.25, 0.3) is 0 Å². The number of nitrogens with zero attached hydrogens (tertiary/aromatic N) is 1. The molecule has 1 N–H and O–H groups in total. The van der Waals surface area contributed by atoms with Crippen LogP contribution in [-0.2, 0) is 6.42 Å². The van der Waals surface area contributed by atoms with E-state index in [1.165, 1.54) is 62.9 Å². The topological polar surface area (TPSA) is 15.3 Å². The van der Waals surface area contributed by atoms with Crippen LogP contribution >= 0.6 is 0 Å². The quantitative estimate of drug-likeness (QED) is 0.873. The summed E-state index contributed by atoms with van der Waals surface area (Å²) in [5.74, 6) is 0. The van der Waals surface area contributed by atoms with Crippen molar-refractivity contribution in [3.05, 3.63) is 29.8 Å². The molecule has 2 rings (SSSR count). The lowest BCUT2D eigenvalue weighted by Gasteiger charge is -2.30. The molecule has 0 aromatic heterocycles. The lowest BCUT2D eigenvalue weighted by molar-refractivity contribution is 0.439. The van der Waals surface area contributed by atoms with Gasteiger partial charge in [-0.05, 0) is 56.3 Å². The zero-order chi connectivity index (χ0) is 14.2. The molecule has 0 amide bonds. The number of unbranched alkanes of at least 4 members (excludes halogenated alkanes) is 1. The van der Waals surface area contributed by atoms with E-state index < -0.39 is 0 Å². The second-order valence-corrected chi connectivity index (χ2v) is 5.96. The molecule has 1 atom stereocenters. The molecule has 112 valence electrons. The Morgan fingerprint density at radius 1 is 1.15 bits per heavy atom. The molecular weight excluding hydrogens is 244 g/mol. The van der Waals surface area contributed by atoms with Crippen LogP contribution in [0.3, 0.4) is 0 Å². The number of rotatable bonds is 5. The summed E-state index contributed by atoms with van der Waals surface area (Å²) in [6.45, 7) is 8.06. The highest BCUT2D eigenvalue weighted by molar-refractivity contribution is 5.47. The maximum Gasteiger partial charge on any atom is 0.0366 e. The summed E-state index contributed by atoms with van der Waals surface area (Å²) in [6, 6.07) is 9.97. The van der Waals surface area contributed by atoms with Gasteiger partial charge in [-0.3, -0.25) is 0 Å². The summed E-state index contributed by atoms with van der Waals surface area (Å²) in [6.07, 6.45) is 7.54. The summed E-state index contributed by atoms with van der Waals surface area (Å²) in [5, 5.41) is 3.65. The van der Waals surface area contributed by atoms with Crippen LogP contribution < -0.4 is 10.2 Å². The third kappa shape index (κ3) is 4.52. The monoisotopic (exact) mass is 274 g/mol. The first-order valence-electron chi connectivity index (χ1n) is 8.40. The minimum Gasteiger partial charge on any atom is -0.371 e. The predicted molar refractivity (Wildman–Crippen MR) is 88.6 cm³/mol. The van der Waals surface area contributed by atoms with Gasteiger partial charge in [-0.2, -0.15) is 0 Å². The Morgan fingerprint density at radius 3 is 2.65 bits per heavy atom. The van der Waals surface area contributed by atoms with Crippen LogP contribution in [0.5, 0.6) is 0 Å². The van der Waals surface area contributed by atoms with Gasteiger partial charge in [0.1, 0.15) is 0 Å². The van der Waals surface area contributed by atoms with Gasteiger partial charge in [-0.25, -0.2) is 0 Å². The van der Waals surface area contributed by atoms with E-state index in [0.717, 1.165) is 6.54 Å². The number of benzene rings is 1. The molecule has 1 aromatic carbocycles. The molecule has 1 unspecified atom stereocenters. The summed E-state index contributed by atoms with van der Waals surface area (Å²) in [7, 11) is 0. The SMILES string of the molecule is CCCCc1ccc(N2CCCNC(CC)CC2)cc1.